The van der Waals surface area contributed by atoms with Gasteiger partial charge in [0.15, 0.2) is 0 Å². The second-order valence-corrected chi connectivity index (χ2v) is 5.60. The van der Waals surface area contributed by atoms with Gasteiger partial charge in [0.2, 0.25) is 0 Å². The Bertz CT molecular complexity index is 550. The minimum absolute atomic E-state index is 0.631. The summed E-state index contributed by atoms with van der Waals surface area (Å²) < 4.78 is 0. The zero-order valence-electron chi connectivity index (χ0n) is 11.8. The summed E-state index contributed by atoms with van der Waals surface area (Å²) in [5.41, 5.74) is 9.95. The Kier molecular flexibility index (Phi) is 4.14. The summed E-state index contributed by atoms with van der Waals surface area (Å²) in [5.74, 6) is 0.682. The number of rotatable bonds is 4. The molecule has 0 aromatic heterocycles. The first-order valence-corrected chi connectivity index (χ1v) is 7.41. The first-order chi connectivity index (χ1) is 9.86. The van der Waals surface area contributed by atoms with Gasteiger partial charge in [0, 0.05) is 19.6 Å². The summed E-state index contributed by atoms with van der Waals surface area (Å²) in [6.45, 7) is 3.99. The summed E-state index contributed by atoms with van der Waals surface area (Å²) in [6, 6.07) is 19.4. The smallest absolute Gasteiger partial charge is 0.0237 e. The van der Waals surface area contributed by atoms with E-state index in [4.69, 9.17) is 5.73 Å². The number of benzene rings is 2. The molecule has 1 heterocycles. The van der Waals surface area contributed by atoms with Crippen molar-refractivity contribution < 1.29 is 0 Å². The van der Waals surface area contributed by atoms with E-state index in [-0.39, 0.29) is 0 Å². The Morgan fingerprint density at radius 2 is 1.65 bits per heavy atom. The molecule has 0 aliphatic carbocycles. The van der Waals surface area contributed by atoms with Gasteiger partial charge in [0.05, 0.1) is 0 Å². The van der Waals surface area contributed by atoms with Gasteiger partial charge in [0.1, 0.15) is 0 Å². The molecule has 0 saturated carbocycles. The molecule has 1 atom stereocenters. The highest BCUT2D eigenvalue weighted by atomic mass is 15.1. The third-order valence-electron chi connectivity index (χ3n) is 4.28. The lowest BCUT2D eigenvalue weighted by atomic mass is 9.99. The van der Waals surface area contributed by atoms with E-state index >= 15 is 0 Å². The van der Waals surface area contributed by atoms with Gasteiger partial charge in [-0.25, -0.2) is 0 Å². The van der Waals surface area contributed by atoms with Crippen molar-refractivity contribution in [3.63, 3.8) is 0 Å². The van der Waals surface area contributed by atoms with Crippen LogP contribution in [0.3, 0.4) is 0 Å². The van der Waals surface area contributed by atoms with Crippen molar-refractivity contribution in [2.75, 3.05) is 13.1 Å². The fraction of sp³-hybridized carbons (Fsp3) is 0.333. The second kappa shape index (κ2) is 6.21. The quantitative estimate of drug-likeness (QED) is 0.921. The number of hydrogen-bond donors (Lipinski definition) is 1. The molecule has 2 aromatic rings. The van der Waals surface area contributed by atoms with Crippen LogP contribution in [0.4, 0.5) is 0 Å². The van der Waals surface area contributed by atoms with Gasteiger partial charge in [-0.05, 0) is 35.6 Å². The summed E-state index contributed by atoms with van der Waals surface area (Å²) >= 11 is 0. The Balaban J connectivity index is 1.66. The van der Waals surface area contributed by atoms with Crippen molar-refractivity contribution in [3.8, 4) is 0 Å². The average Bonchev–Trinajstić information content (AvgIpc) is 2.97. The Morgan fingerprint density at radius 1 is 0.950 bits per heavy atom. The molecule has 20 heavy (non-hydrogen) atoms. The van der Waals surface area contributed by atoms with E-state index in [0.29, 0.717) is 12.5 Å². The molecule has 1 fully saturated rings. The maximum absolute atomic E-state index is 5.82. The predicted molar refractivity (Wildman–Crippen MR) is 83.4 cm³/mol. The van der Waals surface area contributed by atoms with E-state index in [0.717, 1.165) is 13.1 Å². The highest BCUT2D eigenvalue weighted by Gasteiger charge is 2.23. The Hall–Kier alpha value is -1.64. The van der Waals surface area contributed by atoms with E-state index in [1.54, 1.807) is 0 Å². The van der Waals surface area contributed by atoms with Crippen LogP contribution in [-0.4, -0.2) is 18.0 Å². The van der Waals surface area contributed by atoms with Gasteiger partial charge in [0.25, 0.3) is 0 Å². The molecule has 0 radical (unpaired) electrons. The van der Waals surface area contributed by atoms with Crippen LogP contribution >= 0.6 is 0 Å². The largest absolute Gasteiger partial charge is 0.326 e. The molecule has 0 amide bonds. The van der Waals surface area contributed by atoms with Crippen LogP contribution in [0.2, 0.25) is 0 Å². The topological polar surface area (TPSA) is 29.3 Å². The van der Waals surface area contributed by atoms with Crippen LogP contribution in [0.25, 0.3) is 0 Å². The first kappa shape index (κ1) is 13.3. The predicted octanol–water partition coefficient (Wildman–Crippen LogP) is 3.13. The summed E-state index contributed by atoms with van der Waals surface area (Å²) in [7, 11) is 0. The number of nitrogens with two attached hydrogens (primary N) is 1. The molecule has 1 unspecified atom stereocenters. The first-order valence-electron chi connectivity index (χ1n) is 7.41. The van der Waals surface area contributed by atoms with Crippen molar-refractivity contribution >= 4 is 0 Å². The Morgan fingerprint density at radius 3 is 2.40 bits per heavy atom. The monoisotopic (exact) mass is 266 g/mol. The summed E-state index contributed by atoms with van der Waals surface area (Å²) in [6.07, 6.45) is 1.26. The fourth-order valence-electron chi connectivity index (χ4n) is 3.13. The van der Waals surface area contributed by atoms with Crippen molar-refractivity contribution in [1.82, 2.24) is 4.90 Å². The molecule has 1 aliphatic heterocycles. The molecule has 3 rings (SSSR count). The van der Waals surface area contributed by atoms with Gasteiger partial charge in [-0.1, -0.05) is 54.6 Å². The van der Waals surface area contributed by atoms with Crippen molar-refractivity contribution in [2.24, 2.45) is 5.73 Å². The summed E-state index contributed by atoms with van der Waals surface area (Å²) in [5, 5.41) is 0. The maximum atomic E-state index is 5.82. The van der Waals surface area contributed by atoms with Gasteiger partial charge >= 0.3 is 0 Å². The fourth-order valence-corrected chi connectivity index (χ4v) is 3.13. The minimum Gasteiger partial charge on any atom is -0.326 e. The molecule has 0 spiro atoms. The summed E-state index contributed by atoms with van der Waals surface area (Å²) in [4.78, 5) is 2.55. The molecule has 2 aromatic carbocycles. The highest BCUT2D eigenvalue weighted by molar-refractivity contribution is 5.27. The van der Waals surface area contributed by atoms with Crippen LogP contribution in [-0.2, 0) is 13.1 Å². The van der Waals surface area contributed by atoms with Crippen LogP contribution in [0, 0.1) is 0 Å². The number of nitrogens with zero attached hydrogens (tertiary/aromatic N) is 1. The van der Waals surface area contributed by atoms with Crippen LogP contribution < -0.4 is 5.73 Å². The molecular weight excluding hydrogens is 244 g/mol. The van der Waals surface area contributed by atoms with Crippen LogP contribution in [0.5, 0.6) is 0 Å². The molecule has 2 N–H and O–H groups in total. The van der Waals surface area contributed by atoms with Crippen LogP contribution in [0.1, 0.15) is 29.0 Å². The average molecular weight is 266 g/mol. The Labute approximate surface area is 121 Å². The second-order valence-electron chi connectivity index (χ2n) is 5.60. The van der Waals surface area contributed by atoms with Gasteiger partial charge < -0.3 is 5.73 Å². The maximum Gasteiger partial charge on any atom is 0.0237 e. The van der Waals surface area contributed by atoms with Crippen molar-refractivity contribution in [1.29, 1.82) is 0 Å². The normalized spacial score (nSPS) is 19.4. The van der Waals surface area contributed by atoms with E-state index in [1.165, 1.54) is 29.7 Å². The zero-order valence-corrected chi connectivity index (χ0v) is 11.8. The molecule has 2 nitrogen and oxygen atoms in total. The molecule has 1 aliphatic rings. The van der Waals surface area contributed by atoms with Gasteiger partial charge in [-0.15, -0.1) is 0 Å². The highest BCUT2D eigenvalue weighted by Crippen LogP contribution is 2.28. The van der Waals surface area contributed by atoms with Gasteiger partial charge in [-0.3, -0.25) is 4.90 Å². The molecule has 1 saturated heterocycles. The lowest BCUT2D eigenvalue weighted by molar-refractivity contribution is 0.326. The van der Waals surface area contributed by atoms with Crippen LogP contribution in [0.15, 0.2) is 54.6 Å². The van der Waals surface area contributed by atoms with Crippen molar-refractivity contribution in [3.05, 3.63) is 71.3 Å². The lowest BCUT2D eigenvalue weighted by Crippen LogP contribution is -2.21. The molecule has 0 bridgehead atoms. The number of likely N-dealkylation sites (tertiary alicyclic amines) is 1. The van der Waals surface area contributed by atoms with E-state index in [2.05, 4.69) is 59.5 Å². The standard InChI is InChI=1S/C18H22N2/c19-12-16-8-4-5-9-17(16)13-20-11-10-18(14-20)15-6-2-1-3-7-15/h1-9,18H,10-14,19H2. The van der Waals surface area contributed by atoms with Crippen molar-refractivity contribution in [2.45, 2.75) is 25.4 Å². The third kappa shape index (κ3) is 2.92. The SMILES string of the molecule is NCc1ccccc1CN1CCC(c2ccccc2)C1. The third-order valence-corrected chi connectivity index (χ3v) is 4.28. The van der Waals surface area contributed by atoms with E-state index in [1.807, 2.05) is 0 Å². The molecule has 104 valence electrons. The zero-order chi connectivity index (χ0) is 13.8. The number of hydrogen-bond acceptors (Lipinski definition) is 2. The lowest BCUT2D eigenvalue weighted by Gasteiger charge is -2.18. The van der Waals surface area contributed by atoms with Gasteiger partial charge in [-0.2, -0.15) is 0 Å². The van der Waals surface area contributed by atoms with E-state index < -0.39 is 0 Å². The van der Waals surface area contributed by atoms with E-state index in [9.17, 15) is 0 Å². The molecule has 2 heteroatoms. The molecular formula is C18H22N2. The minimum atomic E-state index is 0.631.